The molecule has 14 heavy (non-hydrogen) atoms. The molecule has 2 N–H and O–H groups in total. The van der Waals surface area contributed by atoms with Crippen LogP contribution in [0.2, 0.25) is 10.0 Å². The van der Waals surface area contributed by atoms with Crippen molar-refractivity contribution in [2.75, 3.05) is 0 Å². The molecule has 0 amide bonds. The summed E-state index contributed by atoms with van der Waals surface area (Å²) in [5.41, 5.74) is 7.06. The molecule has 0 aliphatic heterocycles. The van der Waals surface area contributed by atoms with E-state index in [4.69, 9.17) is 28.9 Å². The van der Waals surface area contributed by atoms with Crippen LogP contribution >= 0.6 is 23.2 Å². The SMILES string of the molecule is CC(C)C[C@H](N)c1ccc(Cl)c(Cl)c1. The summed E-state index contributed by atoms with van der Waals surface area (Å²) in [6, 6.07) is 5.61. The van der Waals surface area contributed by atoms with Gasteiger partial charge in [0, 0.05) is 6.04 Å². The summed E-state index contributed by atoms with van der Waals surface area (Å²) < 4.78 is 0. The van der Waals surface area contributed by atoms with Gasteiger partial charge in [-0.1, -0.05) is 43.1 Å². The summed E-state index contributed by atoms with van der Waals surface area (Å²) in [4.78, 5) is 0. The molecule has 78 valence electrons. The van der Waals surface area contributed by atoms with Gasteiger partial charge in [-0.05, 0) is 30.0 Å². The minimum atomic E-state index is 0.0461. The average molecular weight is 232 g/mol. The van der Waals surface area contributed by atoms with Crippen LogP contribution in [0.15, 0.2) is 18.2 Å². The zero-order chi connectivity index (χ0) is 10.7. The lowest BCUT2D eigenvalue weighted by molar-refractivity contribution is 0.510. The highest BCUT2D eigenvalue weighted by Gasteiger charge is 2.09. The van der Waals surface area contributed by atoms with E-state index >= 15 is 0 Å². The topological polar surface area (TPSA) is 26.0 Å². The van der Waals surface area contributed by atoms with Crippen molar-refractivity contribution in [3.8, 4) is 0 Å². The number of benzene rings is 1. The Kier molecular flexibility index (Phi) is 4.24. The first-order valence-corrected chi connectivity index (χ1v) is 5.47. The van der Waals surface area contributed by atoms with Crippen LogP contribution in [0.4, 0.5) is 0 Å². The third kappa shape index (κ3) is 3.16. The van der Waals surface area contributed by atoms with Gasteiger partial charge in [0.25, 0.3) is 0 Å². The molecule has 0 bridgehead atoms. The lowest BCUT2D eigenvalue weighted by atomic mass is 9.98. The van der Waals surface area contributed by atoms with Gasteiger partial charge in [-0.3, -0.25) is 0 Å². The second-order valence-corrected chi connectivity index (χ2v) is 4.72. The van der Waals surface area contributed by atoms with Crippen LogP contribution in [0, 0.1) is 5.92 Å². The molecule has 0 unspecified atom stereocenters. The van der Waals surface area contributed by atoms with E-state index in [1.54, 1.807) is 6.07 Å². The maximum absolute atomic E-state index is 6.01. The molecule has 0 aliphatic rings. The van der Waals surface area contributed by atoms with Gasteiger partial charge in [0.1, 0.15) is 0 Å². The van der Waals surface area contributed by atoms with Crippen molar-refractivity contribution < 1.29 is 0 Å². The Hall–Kier alpha value is -0.240. The number of hydrogen-bond acceptors (Lipinski definition) is 1. The van der Waals surface area contributed by atoms with Crippen LogP contribution in [0.5, 0.6) is 0 Å². The molecular formula is C11H15Cl2N. The van der Waals surface area contributed by atoms with Gasteiger partial charge in [0.2, 0.25) is 0 Å². The van der Waals surface area contributed by atoms with Crippen molar-refractivity contribution in [1.29, 1.82) is 0 Å². The summed E-state index contributed by atoms with van der Waals surface area (Å²) in [7, 11) is 0. The van der Waals surface area contributed by atoms with Crippen molar-refractivity contribution in [2.45, 2.75) is 26.3 Å². The minimum Gasteiger partial charge on any atom is -0.324 e. The predicted molar refractivity (Wildman–Crippen MR) is 62.8 cm³/mol. The lowest BCUT2D eigenvalue weighted by Gasteiger charge is -2.14. The number of halogens is 2. The second kappa shape index (κ2) is 5.01. The van der Waals surface area contributed by atoms with Gasteiger partial charge in [-0.15, -0.1) is 0 Å². The van der Waals surface area contributed by atoms with E-state index in [-0.39, 0.29) is 6.04 Å². The van der Waals surface area contributed by atoms with Crippen molar-refractivity contribution in [3.63, 3.8) is 0 Å². The van der Waals surface area contributed by atoms with E-state index in [1.807, 2.05) is 12.1 Å². The monoisotopic (exact) mass is 231 g/mol. The largest absolute Gasteiger partial charge is 0.324 e. The Morgan fingerprint density at radius 1 is 1.21 bits per heavy atom. The zero-order valence-corrected chi connectivity index (χ0v) is 9.94. The highest BCUT2D eigenvalue weighted by molar-refractivity contribution is 6.42. The summed E-state index contributed by atoms with van der Waals surface area (Å²) in [5, 5.41) is 1.15. The third-order valence-corrected chi connectivity index (χ3v) is 2.84. The van der Waals surface area contributed by atoms with E-state index in [2.05, 4.69) is 13.8 Å². The fourth-order valence-corrected chi connectivity index (χ4v) is 1.69. The molecule has 0 heterocycles. The Bertz CT molecular complexity index is 310. The number of nitrogens with two attached hydrogens (primary N) is 1. The van der Waals surface area contributed by atoms with Crippen molar-refractivity contribution >= 4 is 23.2 Å². The Balaban J connectivity index is 2.80. The Morgan fingerprint density at radius 2 is 1.86 bits per heavy atom. The molecule has 0 saturated carbocycles. The number of rotatable bonds is 3. The van der Waals surface area contributed by atoms with Gasteiger partial charge in [-0.25, -0.2) is 0 Å². The van der Waals surface area contributed by atoms with Crippen LogP contribution < -0.4 is 5.73 Å². The molecule has 1 aromatic rings. The molecule has 0 aliphatic carbocycles. The quantitative estimate of drug-likeness (QED) is 0.836. The molecule has 1 aromatic carbocycles. The van der Waals surface area contributed by atoms with Crippen molar-refractivity contribution in [1.82, 2.24) is 0 Å². The smallest absolute Gasteiger partial charge is 0.0595 e. The molecule has 3 heteroatoms. The van der Waals surface area contributed by atoms with E-state index in [9.17, 15) is 0 Å². The highest BCUT2D eigenvalue weighted by atomic mass is 35.5. The van der Waals surface area contributed by atoms with Gasteiger partial charge in [-0.2, -0.15) is 0 Å². The third-order valence-electron chi connectivity index (χ3n) is 2.10. The summed E-state index contributed by atoms with van der Waals surface area (Å²) in [6.45, 7) is 4.30. The summed E-state index contributed by atoms with van der Waals surface area (Å²) in [6.07, 6.45) is 0.956. The lowest BCUT2D eigenvalue weighted by Crippen LogP contribution is -2.12. The Morgan fingerprint density at radius 3 is 2.36 bits per heavy atom. The van der Waals surface area contributed by atoms with Gasteiger partial charge in [0.05, 0.1) is 10.0 Å². The normalized spacial score (nSPS) is 13.3. The minimum absolute atomic E-state index is 0.0461. The summed E-state index contributed by atoms with van der Waals surface area (Å²) in [5.74, 6) is 0.583. The molecule has 1 rings (SSSR count). The molecule has 1 nitrogen and oxygen atoms in total. The molecule has 0 radical (unpaired) electrons. The van der Waals surface area contributed by atoms with E-state index in [0.29, 0.717) is 16.0 Å². The summed E-state index contributed by atoms with van der Waals surface area (Å²) >= 11 is 11.7. The molecule has 0 saturated heterocycles. The van der Waals surface area contributed by atoms with E-state index in [1.165, 1.54) is 0 Å². The molecule has 1 atom stereocenters. The van der Waals surface area contributed by atoms with Gasteiger partial charge in [0.15, 0.2) is 0 Å². The molecule has 0 fully saturated rings. The van der Waals surface area contributed by atoms with Gasteiger partial charge >= 0.3 is 0 Å². The van der Waals surface area contributed by atoms with Crippen LogP contribution in [0.3, 0.4) is 0 Å². The first kappa shape index (κ1) is 11.8. The maximum Gasteiger partial charge on any atom is 0.0595 e. The molecule has 0 aromatic heterocycles. The fourth-order valence-electron chi connectivity index (χ4n) is 1.39. The van der Waals surface area contributed by atoms with Crippen LogP contribution in [0.1, 0.15) is 31.9 Å². The first-order valence-electron chi connectivity index (χ1n) is 4.71. The Labute approximate surface area is 95.2 Å². The van der Waals surface area contributed by atoms with Crippen LogP contribution in [-0.2, 0) is 0 Å². The number of hydrogen-bond donors (Lipinski definition) is 1. The first-order chi connectivity index (χ1) is 6.50. The van der Waals surface area contributed by atoms with Crippen LogP contribution in [0.25, 0.3) is 0 Å². The van der Waals surface area contributed by atoms with Crippen molar-refractivity contribution in [2.24, 2.45) is 11.7 Å². The molecule has 0 spiro atoms. The highest BCUT2D eigenvalue weighted by Crippen LogP contribution is 2.27. The van der Waals surface area contributed by atoms with Crippen molar-refractivity contribution in [3.05, 3.63) is 33.8 Å². The van der Waals surface area contributed by atoms with Crippen LogP contribution in [-0.4, -0.2) is 0 Å². The zero-order valence-electron chi connectivity index (χ0n) is 8.43. The predicted octanol–water partition coefficient (Wildman–Crippen LogP) is 4.04. The van der Waals surface area contributed by atoms with E-state index in [0.717, 1.165) is 12.0 Å². The second-order valence-electron chi connectivity index (χ2n) is 3.91. The van der Waals surface area contributed by atoms with E-state index < -0.39 is 0 Å². The average Bonchev–Trinajstić information content (AvgIpc) is 2.08. The standard InChI is InChI=1S/C11H15Cl2N/c1-7(2)5-11(14)8-3-4-9(12)10(13)6-8/h3-4,6-7,11H,5,14H2,1-2H3/t11-/m0/s1. The maximum atomic E-state index is 6.01. The van der Waals surface area contributed by atoms with Gasteiger partial charge < -0.3 is 5.73 Å². The fraction of sp³-hybridized carbons (Fsp3) is 0.455. The molecular weight excluding hydrogens is 217 g/mol.